The molecule has 0 saturated carbocycles. The van der Waals surface area contributed by atoms with Crippen molar-refractivity contribution in [2.24, 2.45) is 5.92 Å². The van der Waals surface area contributed by atoms with Crippen LogP contribution in [0.1, 0.15) is 6.42 Å². The second kappa shape index (κ2) is 8.58. The maximum atomic E-state index is 12.9. The quantitative estimate of drug-likeness (QED) is 0.742. The third kappa shape index (κ3) is 4.61. The summed E-state index contributed by atoms with van der Waals surface area (Å²) in [6, 6.07) is 10.1. The average Bonchev–Trinajstić information content (AvgIpc) is 3.05. The lowest BCUT2D eigenvalue weighted by Crippen LogP contribution is -2.28. The van der Waals surface area contributed by atoms with Crippen LogP contribution in [0.5, 0.6) is 0 Å². The van der Waals surface area contributed by atoms with Crippen molar-refractivity contribution in [1.82, 2.24) is 0 Å². The maximum absolute atomic E-state index is 12.9. The summed E-state index contributed by atoms with van der Waals surface area (Å²) in [5.41, 5.74) is 0.795. The van der Waals surface area contributed by atoms with Crippen molar-refractivity contribution in [3.05, 3.63) is 58.3 Å². The van der Waals surface area contributed by atoms with Crippen molar-refractivity contribution in [2.75, 3.05) is 23.4 Å². The molecule has 0 bridgehead atoms. The number of rotatable bonds is 5. The third-order valence-corrected chi connectivity index (χ3v) is 4.96. The summed E-state index contributed by atoms with van der Waals surface area (Å²) in [5, 5.41) is 3.01. The number of hydrogen-bond acceptors (Lipinski definition) is 4. The lowest BCUT2D eigenvalue weighted by atomic mass is 10.1. The fourth-order valence-corrected chi connectivity index (χ4v) is 3.18. The highest BCUT2D eigenvalue weighted by molar-refractivity contribution is 6.44. The van der Waals surface area contributed by atoms with Crippen LogP contribution in [0.15, 0.2) is 42.5 Å². The Morgan fingerprint density at radius 3 is 2.61 bits per heavy atom. The summed E-state index contributed by atoms with van der Waals surface area (Å²) in [4.78, 5) is 37.7. The van der Waals surface area contributed by atoms with Gasteiger partial charge in [-0.3, -0.25) is 14.4 Å². The molecular formula is C19H15Cl2FN2O4. The first kappa shape index (κ1) is 20.1. The van der Waals surface area contributed by atoms with Crippen molar-refractivity contribution >= 4 is 52.4 Å². The van der Waals surface area contributed by atoms with E-state index in [1.54, 1.807) is 18.2 Å². The van der Waals surface area contributed by atoms with E-state index in [0.717, 1.165) is 0 Å². The summed E-state index contributed by atoms with van der Waals surface area (Å²) in [6.45, 7) is -0.434. The van der Waals surface area contributed by atoms with Crippen LogP contribution in [-0.4, -0.2) is 30.9 Å². The molecule has 9 heteroatoms. The topological polar surface area (TPSA) is 75.7 Å². The van der Waals surface area contributed by atoms with Crippen LogP contribution < -0.4 is 10.2 Å². The van der Waals surface area contributed by atoms with E-state index < -0.39 is 30.2 Å². The molecule has 1 heterocycles. The Kier molecular flexibility index (Phi) is 6.16. The molecule has 1 fully saturated rings. The molecule has 146 valence electrons. The van der Waals surface area contributed by atoms with Crippen LogP contribution in [0.2, 0.25) is 10.0 Å². The Morgan fingerprint density at radius 1 is 1.18 bits per heavy atom. The number of benzene rings is 2. The molecule has 0 radical (unpaired) electrons. The summed E-state index contributed by atoms with van der Waals surface area (Å²) >= 11 is 12.1. The molecule has 0 spiro atoms. The molecule has 0 aromatic heterocycles. The largest absolute Gasteiger partial charge is 0.455 e. The lowest BCUT2D eigenvalue weighted by molar-refractivity contribution is -0.151. The number of nitrogens with zero attached hydrogens (tertiary/aromatic N) is 1. The number of amides is 2. The van der Waals surface area contributed by atoms with E-state index >= 15 is 0 Å². The number of nitrogens with one attached hydrogen (secondary N) is 1. The number of halogens is 3. The van der Waals surface area contributed by atoms with Crippen LogP contribution in [0.4, 0.5) is 15.8 Å². The fraction of sp³-hybridized carbons (Fsp3) is 0.211. The summed E-state index contributed by atoms with van der Waals surface area (Å²) in [7, 11) is 0. The van der Waals surface area contributed by atoms with E-state index in [1.807, 2.05) is 0 Å². The van der Waals surface area contributed by atoms with E-state index in [0.29, 0.717) is 16.4 Å². The number of carbonyl (C=O) groups is 3. The second-order valence-electron chi connectivity index (χ2n) is 6.14. The summed E-state index contributed by atoms with van der Waals surface area (Å²) in [6.07, 6.45) is -0.0543. The predicted octanol–water partition coefficient (Wildman–Crippen LogP) is 3.67. The fourth-order valence-electron chi connectivity index (χ4n) is 2.78. The highest BCUT2D eigenvalue weighted by Gasteiger charge is 2.37. The molecule has 1 atom stereocenters. The molecular weight excluding hydrogens is 410 g/mol. The Balaban J connectivity index is 1.55. The average molecular weight is 425 g/mol. The van der Waals surface area contributed by atoms with Crippen LogP contribution in [0.25, 0.3) is 0 Å². The Labute approximate surface area is 170 Å². The first-order chi connectivity index (χ1) is 13.3. The Hall–Kier alpha value is -2.64. The predicted molar refractivity (Wildman–Crippen MR) is 103 cm³/mol. The number of esters is 1. The minimum Gasteiger partial charge on any atom is -0.455 e. The van der Waals surface area contributed by atoms with Gasteiger partial charge in [0.2, 0.25) is 5.91 Å². The molecule has 3 rings (SSSR count). The SMILES string of the molecule is O=C(COC(=O)[C@H]1CC(=O)N(c2cccc(Cl)c2Cl)C1)Nc1ccc(F)cc1. The highest BCUT2D eigenvalue weighted by atomic mass is 35.5. The zero-order chi connectivity index (χ0) is 20.3. The van der Waals surface area contributed by atoms with E-state index in [2.05, 4.69) is 5.32 Å². The van der Waals surface area contributed by atoms with Gasteiger partial charge in [0.25, 0.3) is 5.91 Å². The van der Waals surface area contributed by atoms with Gasteiger partial charge >= 0.3 is 5.97 Å². The zero-order valence-electron chi connectivity index (χ0n) is 14.5. The monoisotopic (exact) mass is 424 g/mol. The van der Waals surface area contributed by atoms with Crippen LogP contribution in [0.3, 0.4) is 0 Å². The molecule has 0 unspecified atom stereocenters. The van der Waals surface area contributed by atoms with E-state index in [-0.39, 0.29) is 23.9 Å². The maximum Gasteiger partial charge on any atom is 0.311 e. The molecule has 1 N–H and O–H groups in total. The summed E-state index contributed by atoms with van der Waals surface area (Å²) in [5.74, 6) is -2.68. The van der Waals surface area contributed by atoms with E-state index in [9.17, 15) is 18.8 Å². The van der Waals surface area contributed by atoms with E-state index in [4.69, 9.17) is 27.9 Å². The Morgan fingerprint density at radius 2 is 1.89 bits per heavy atom. The number of hydrogen-bond donors (Lipinski definition) is 1. The smallest absolute Gasteiger partial charge is 0.311 e. The minimum atomic E-state index is -0.721. The number of carbonyl (C=O) groups excluding carboxylic acids is 3. The summed E-state index contributed by atoms with van der Waals surface area (Å²) < 4.78 is 17.9. The van der Waals surface area contributed by atoms with Crippen molar-refractivity contribution < 1.29 is 23.5 Å². The van der Waals surface area contributed by atoms with Crippen molar-refractivity contribution in [3.63, 3.8) is 0 Å². The molecule has 28 heavy (non-hydrogen) atoms. The molecule has 1 saturated heterocycles. The van der Waals surface area contributed by atoms with Gasteiger partial charge in [0.1, 0.15) is 5.82 Å². The van der Waals surface area contributed by atoms with Crippen LogP contribution in [-0.2, 0) is 19.1 Å². The zero-order valence-corrected chi connectivity index (χ0v) is 16.0. The normalized spacial score (nSPS) is 16.2. The van der Waals surface area contributed by atoms with E-state index in [1.165, 1.54) is 29.2 Å². The molecule has 1 aliphatic rings. The first-order valence-corrected chi connectivity index (χ1v) is 9.07. The lowest BCUT2D eigenvalue weighted by Gasteiger charge is -2.18. The van der Waals surface area contributed by atoms with Gasteiger partial charge in [-0.1, -0.05) is 29.3 Å². The van der Waals surface area contributed by atoms with Gasteiger partial charge in [-0.2, -0.15) is 0 Å². The molecule has 1 aliphatic heterocycles. The minimum absolute atomic E-state index is 0.0543. The van der Waals surface area contributed by atoms with Crippen molar-refractivity contribution in [3.8, 4) is 0 Å². The van der Waals surface area contributed by atoms with Crippen molar-refractivity contribution in [1.29, 1.82) is 0 Å². The number of anilines is 2. The molecule has 6 nitrogen and oxygen atoms in total. The second-order valence-corrected chi connectivity index (χ2v) is 6.93. The number of ether oxygens (including phenoxy) is 1. The van der Waals surface area contributed by atoms with Gasteiger partial charge in [-0.05, 0) is 36.4 Å². The Bertz CT molecular complexity index is 921. The molecule has 0 aliphatic carbocycles. The van der Waals surface area contributed by atoms with Crippen molar-refractivity contribution in [2.45, 2.75) is 6.42 Å². The van der Waals surface area contributed by atoms with Gasteiger partial charge in [-0.15, -0.1) is 0 Å². The first-order valence-electron chi connectivity index (χ1n) is 8.31. The standard InChI is InChI=1S/C19H15Cl2FN2O4/c20-14-2-1-3-15(18(14)21)24-9-11(8-17(24)26)19(27)28-10-16(25)23-13-6-4-12(22)5-7-13/h1-7,11H,8-10H2,(H,23,25)/t11-/m0/s1. The van der Waals surface area contributed by atoms with Gasteiger partial charge in [0.05, 0.1) is 21.7 Å². The highest BCUT2D eigenvalue weighted by Crippen LogP contribution is 2.35. The van der Waals surface area contributed by atoms with Crippen LogP contribution in [0, 0.1) is 11.7 Å². The molecule has 2 aromatic rings. The van der Waals surface area contributed by atoms with Gasteiger partial charge in [0.15, 0.2) is 6.61 Å². The third-order valence-electron chi connectivity index (χ3n) is 4.15. The van der Waals surface area contributed by atoms with Gasteiger partial charge in [-0.25, -0.2) is 4.39 Å². The molecule has 2 aromatic carbocycles. The molecule has 2 amide bonds. The van der Waals surface area contributed by atoms with Gasteiger partial charge < -0.3 is 15.0 Å². The van der Waals surface area contributed by atoms with Gasteiger partial charge in [0, 0.05) is 18.7 Å². The van der Waals surface area contributed by atoms with Crippen LogP contribution >= 0.6 is 23.2 Å².